The number of esters is 1. The van der Waals surface area contributed by atoms with Gasteiger partial charge in [-0.2, -0.15) is 0 Å². The molecule has 28 heavy (non-hydrogen) atoms. The summed E-state index contributed by atoms with van der Waals surface area (Å²) in [5, 5.41) is 10.9. The molecule has 140 valence electrons. The number of fused-ring (bicyclic) bond motifs is 1. The van der Waals surface area contributed by atoms with Crippen molar-refractivity contribution in [3.05, 3.63) is 59.8 Å². The molecule has 3 heterocycles. The Labute approximate surface area is 169 Å². The lowest BCUT2D eigenvalue weighted by Gasteiger charge is -2.11. The summed E-state index contributed by atoms with van der Waals surface area (Å²) in [7, 11) is 0. The van der Waals surface area contributed by atoms with Crippen molar-refractivity contribution < 1.29 is 9.53 Å². The van der Waals surface area contributed by atoms with Crippen molar-refractivity contribution in [1.29, 1.82) is 0 Å². The van der Waals surface area contributed by atoms with Crippen LogP contribution in [0.25, 0.3) is 28.0 Å². The van der Waals surface area contributed by atoms with E-state index in [1.54, 1.807) is 0 Å². The van der Waals surface area contributed by atoms with E-state index in [1.807, 2.05) is 59.3 Å². The van der Waals surface area contributed by atoms with Crippen LogP contribution in [0.4, 0.5) is 0 Å². The van der Waals surface area contributed by atoms with Crippen molar-refractivity contribution in [1.82, 2.24) is 19.7 Å². The molecule has 2 aromatic heterocycles. The number of benzene rings is 2. The fraction of sp³-hybridized carbons (Fsp3) is 0.150. The summed E-state index contributed by atoms with van der Waals surface area (Å²) in [6.07, 6.45) is 2.60. The largest absolute Gasteiger partial charge is 0.465 e. The Hall–Kier alpha value is -2.77. The minimum absolute atomic E-state index is 0.204. The van der Waals surface area contributed by atoms with Gasteiger partial charge in [-0.25, -0.2) is 0 Å². The van der Waals surface area contributed by atoms with Crippen molar-refractivity contribution in [2.75, 3.05) is 6.61 Å². The Balaban J connectivity index is 1.66. The highest BCUT2D eigenvalue weighted by Crippen LogP contribution is 2.35. The van der Waals surface area contributed by atoms with Gasteiger partial charge >= 0.3 is 5.97 Å². The van der Waals surface area contributed by atoms with Gasteiger partial charge in [-0.05, 0) is 30.3 Å². The molecule has 5 rings (SSSR count). The number of rotatable bonds is 4. The van der Waals surface area contributed by atoms with Gasteiger partial charge < -0.3 is 9.72 Å². The number of thioether (sulfide) groups is 1. The molecular weight excluding hydrogens is 396 g/mol. The number of ether oxygens (including phenoxy) is 1. The summed E-state index contributed by atoms with van der Waals surface area (Å²) < 4.78 is 7.06. The van der Waals surface area contributed by atoms with Crippen LogP contribution in [0, 0.1) is 0 Å². The van der Waals surface area contributed by atoms with Crippen LogP contribution in [-0.4, -0.2) is 37.6 Å². The number of para-hydroxylation sites is 1. The molecule has 0 amide bonds. The molecule has 0 saturated carbocycles. The van der Waals surface area contributed by atoms with Gasteiger partial charge in [0.15, 0.2) is 11.0 Å². The number of halogens is 1. The minimum Gasteiger partial charge on any atom is -0.465 e. The highest BCUT2D eigenvalue weighted by Gasteiger charge is 2.30. The average molecular weight is 411 g/mol. The molecule has 6 nitrogen and oxygen atoms in total. The van der Waals surface area contributed by atoms with E-state index in [0.29, 0.717) is 29.0 Å². The normalized spacial score (nSPS) is 16.6. The Bertz CT molecular complexity index is 1170. The van der Waals surface area contributed by atoms with Crippen LogP contribution >= 0.6 is 23.4 Å². The Kier molecular flexibility index (Phi) is 4.33. The molecule has 4 aromatic rings. The predicted molar refractivity (Wildman–Crippen MR) is 109 cm³/mol. The molecule has 0 aliphatic carbocycles. The monoisotopic (exact) mass is 410 g/mol. The smallest absolute Gasteiger partial charge is 0.319 e. The first-order valence-electron chi connectivity index (χ1n) is 8.82. The third kappa shape index (κ3) is 2.96. The summed E-state index contributed by atoms with van der Waals surface area (Å²) in [4.78, 5) is 15.2. The zero-order valence-corrected chi connectivity index (χ0v) is 16.2. The van der Waals surface area contributed by atoms with Crippen LogP contribution in [0.3, 0.4) is 0 Å². The molecule has 8 heteroatoms. The fourth-order valence-electron chi connectivity index (χ4n) is 3.31. The standard InChI is InChI=1S/C20H15ClN4O2S/c21-12-5-7-13(8-6-12)25-18(15-11-22-16-4-2-1-3-14(15)16)23-24-20(25)28-17-9-10-27-19(17)26/h1-8,11,17,22H,9-10H2/t17-/m0/s1. The first-order valence-corrected chi connectivity index (χ1v) is 10.1. The van der Waals surface area contributed by atoms with Crippen molar-refractivity contribution in [2.24, 2.45) is 0 Å². The summed E-state index contributed by atoms with van der Waals surface area (Å²) in [6, 6.07) is 15.5. The molecule has 0 radical (unpaired) electrons. The van der Waals surface area contributed by atoms with Gasteiger partial charge in [-0.15, -0.1) is 10.2 Å². The molecule has 0 bridgehead atoms. The van der Waals surface area contributed by atoms with E-state index in [1.165, 1.54) is 11.8 Å². The molecule has 1 N–H and O–H groups in total. The molecule has 2 aromatic carbocycles. The third-order valence-corrected chi connectivity index (χ3v) is 6.12. The maximum Gasteiger partial charge on any atom is 0.319 e. The Morgan fingerprint density at radius 1 is 1.14 bits per heavy atom. The van der Waals surface area contributed by atoms with E-state index in [2.05, 4.69) is 15.2 Å². The zero-order valence-electron chi connectivity index (χ0n) is 14.6. The second-order valence-corrected chi connectivity index (χ2v) is 8.03. The lowest BCUT2D eigenvalue weighted by atomic mass is 10.1. The Morgan fingerprint density at radius 3 is 2.75 bits per heavy atom. The summed E-state index contributed by atoms with van der Waals surface area (Å²) >= 11 is 7.46. The number of carbonyl (C=O) groups excluding carboxylic acids is 1. The Morgan fingerprint density at radius 2 is 1.96 bits per heavy atom. The summed E-state index contributed by atoms with van der Waals surface area (Å²) in [5.74, 6) is 0.498. The number of carbonyl (C=O) groups is 1. The molecular formula is C20H15ClN4O2S. The quantitative estimate of drug-likeness (QED) is 0.502. The van der Waals surface area contributed by atoms with E-state index < -0.39 is 0 Å². The number of nitrogens with one attached hydrogen (secondary N) is 1. The highest BCUT2D eigenvalue weighted by molar-refractivity contribution is 8.00. The van der Waals surface area contributed by atoms with E-state index in [0.717, 1.165) is 22.2 Å². The van der Waals surface area contributed by atoms with Crippen LogP contribution in [0.5, 0.6) is 0 Å². The average Bonchev–Trinajstić information content (AvgIpc) is 3.42. The molecule has 1 atom stereocenters. The third-order valence-electron chi connectivity index (χ3n) is 4.68. The predicted octanol–water partition coefficient (Wildman–Crippen LogP) is 4.48. The SMILES string of the molecule is O=C1OCC[C@@H]1Sc1nnc(-c2c[nH]c3ccccc23)n1-c1ccc(Cl)cc1. The molecule has 1 fully saturated rings. The van der Waals surface area contributed by atoms with Gasteiger partial charge in [-0.3, -0.25) is 9.36 Å². The maximum absolute atomic E-state index is 12.0. The van der Waals surface area contributed by atoms with Crippen molar-refractivity contribution in [3.63, 3.8) is 0 Å². The lowest BCUT2D eigenvalue weighted by Crippen LogP contribution is -2.11. The van der Waals surface area contributed by atoms with Crippen LogP contribution in [-0.2, 0) is 9.53 Å². The minimum atomic E-state index is -0.272. The van der Waals surface area contributed by atoms with Gasteiger partial charge in [0.2, 0.25) is 0 Å². The van der Waals surface area contributed by atoms with E-state index in [4.69, 9.17) is 16.3 Å². The number of aromatic amines is 1. The summed E-state index contributed by atoms with van der Waals surface area (Å²) in [6.45, 7) is 0.445. The zero-order chi connectivity index (χ0) is 19.1. The van der Waals surface area contributed by atoms with Gasteiger partial charge in [0.1, 0.15) is 5.25 Å². The van der Waals surface area contributed by atoms with Gasteiger partial charge in [0.25, 0.3) is 0 Å². The molecule has 1 aliphatic heterocycles. The van der Waals surface area contributed by atoms with Crippen LogP contribution in [0.1, 0.15) is 6.42 Å². The van der Waals surface area contributed by atoms with Crippen molar-refractivity contribution in [2.45, 2.75) is 16.8 Å². The van der Waals surface area contributed by atoms with Gasteiger partial charge in [0, 0.05) is 39.8 Å². The number of aromatic nitrogens is 4. The number of nitrogens with zero attached hydrogens (tertiary/aromatic N) is 3. The topological polar surface area (TPSA) is 72.8 Å². The fourth-order valence-corrected chi connectivity index (χ4v) is 4.46. The number of H-pyrrole nitrogens is 1. The highest BCUT2D eigenvalue weighted by atomic mass is 35.5. The lowest BCUT2D eigenvalue weighted by molar-refractivity contribution is -0.137. The number of hydrogen-bond donors (Lipinski definition) is 1. The second-order valence-electron chi connectivity index (χ2n) is 6.43. The molecule has 1 aliphatic rings. The number of hydrogen-bond acceptors (Lipinski definition) is 5. The van der Waals surface area contributed by atoms with Crippen molar-refractivity contribution in [3.8, 4) is 17.1 Å². The van der Waals surface area contributed by atoms with E-state index in [9.17, 15) is 4.79 Å². The second kappa shape index (κ2) is 7.00. The van der Waals surface area contributed by atoms with E-state index in [-0.39, 0.29) is 11.2 Å². The number of cyclic esters (lactones) is 1. The van der Waals surface area contributed by atoms with Crippen LogP contribution < -0.4 is 0 Å². The van der Waals surface area contributed by atoms with Gasteiger partial charge in [-0.1, -0.05) is 41.6 Å². The maximum atomic E-state index is 12.0. The molecule has 0 unspecified atom stereocenters. The van der Waals surface area contributed by atoms with Gasteiger partial charge in [0.05, 0.1) is 6.61 Å². The van der Waals surface area contributed by atoms with Crippen LogP contribution in [0.2, 0.25) is 5.02 Å². The molecule has 0 spiro atoms. The summed E-state index contributed by atoms with van der Waals surface area (Å²) in [5.41, 5.74) is 2.85. The first kappa shape index (κ1) is 17.3. The first-order chi connectivity index (χ1) is 13.7. The molecule has 1 saturated heterocycles. The van der Waals surface area contributed by atoms with Crippen molar-refractivity contribution >= 4 is 40.2 Å². The van der Waals surface area contributed by atoms with Crippen LogP contribution in [0.15, 0.2) is 59.9 Å². The van der Waals surface area contributed by atoms with E-state index >= 15 is 0 Å².